The summed E-state index contributed by atoms with van der Waals surface area (Å²) in [5.74, 6) is 2.65. The number of aryl methyl sites for hydroxylation is 1. The third-order valence-corrected chi connectivity index (χ3v) is 5.88. The van der Waals surface area contributed by atoms with E-state index in [0.717, 1.165) is 11.8 Å². The van der Waals surface area contributed by atoms with Crippen molar-refractivity contribution in [3.63, 3.8) is 0 Å². The van der Waals surface area contributed by atoms with Crippen molar-refractivity contribution in [3.05, 3.63) is 22.1 Å². The predicted molar refractivity (Wildman–Crippen MR) is 86.9 cm³/mol. The first-order valence-electron chi connectivity index (χ1n) is 8.01. The van der Waals surface area contributed by atoms with E-state index < -0.39 is 0 Å². The SMILES string of the molecule is Cc1cc(=O)[nH]c(SCC(=O)N[C@H](C)[C@H]2C[C@H]3CC[C@H]2C3)n1. The molecule has 1 aromatic heterocycles. The summed E-state index contributed by atoms with van der Waals surface area (Å²) in [7, 11) is 0. The van der Waals surface area contributed by atoms with Gasteiger partial charge in [0, 0.05) is 17.8 Å². The van der Waals surface area contributed by atoms with E-state index in [-0.39, 0.29) is 23.3 Å². The highest BCUT2D eigenvalue weighted by Crippen LogP contribution is 2.49. The number of fused-ring (bicyclic) bond motifs is 2. The first kappa shape index (κ1) is 15.6. The lowest BCUT2D eigenvalue weighted by atomic mass is 9.84. The summed E-state index contributed by atoms with van der Waals surface area (Å²) >= 11 is 1.28. The molecule has 0 aromatic carbocycles. The average molecular weight is 321 g/mol. The fourth-order valence-corrected chi connectivity index (χ4v) is 4.80. The number of hydrogen-bond acceptors (Lipinski definition) is 4. The molecule has 120 valence electrons. The van der Waals surface area contributed by atoms with Crippen molar-refractivity contribution in [2.75, 3.05) is 5.75 Å². The van der Waals surface area contributed by atoms with Crippen molar-refractivity contribution in [1.29, 1.82) is 0 Å². The fraction of sp³-hybridized carbons (Fsp3) is 0.688. The highest BCUT2D eigenvalue weighted by atomic mass is 32.2. The van der Waals surface area contributed by atoms with Crippen molar-refractivity contribution in [2.45, 2.75) is 50.7 Å². The van der Waals surface area contributed by atoms with Gasteiger partial charge in [0.2, 0.25) is 5.91 Å². The summed E-state index contributed by atoms with van der Waals surface area (Å²) in [6, 6.07) is 1.69. The number of H-pyrrole nitrogens is 1. The summed E-state index contributed by atoms with van der Waals surface area (Å²) in [5.41, 5.74) is 0.493. The number of nitrogens with zero attached hydrogens (tertiary/aromatic N) is 1. The van der Waals surface area contributed by atoms with Gasteiger partial charge in [0.15, 0.2) is 5.16 Å². The maximum absolute atomic E-state index is 12.1. The maximum Gasteiger partial charge on any atom is 0.251 e. The molecule has 2 bridgehead atoms. The van der Waals surface area contributed by atoms with E-state index in [9.17, 15) is 9.59 Å². The number of aromatic amines is 1. The number of nitrogens with one attached hydrogen (secondary N) is 2. The Kier molecular flexibility index (Phi) is 4.57. The minimum absolute atomic E-state index is 0.0180. The molecule has 1 amide bonds. The normalized spacial score (nSPS) is 27.8. The van der Waals surface area contributed by atoms with Gasteiger partial charge in [0.1, 0.15) is 0 Å². The standard InChI is InChI=1S/C16H23N3O2S/c1-9-5-14(20)19-16(17-9)22-8-15(21)18-10(2)13-7-11-3-4-12(13)6-11/h5,10-13H,3-4,6-8H2,1-2H3,(H,18,21)(H,17,19,20)/t10-,11+,12+,13-/m1/s1. The molecule has 0 spiro atoms. The zero-order valence-electron chi connectivity index (χ0n) is 13.1. The Hall–Kier alpha value is -1.30. The van der Waals surface area contributed by atoms with Crippen LogP contribution in [-0.4, -0.2) is 27.7 Å². The Morgan fingerprint density at radius 3 is 2.95 bits per heavy atom. The lowest BCUT2D eigenvalue weighted by Crippen LogP contribution is -2.40. The van der Waals surface area contributed by atoms with Crippen LogP contribution in [0.4, 0.5) is 0 Å². The predicted octanol–water partition coefficient (Wildman–Crippen LogP) is 2.11. The van der Waals surface area contributed by atoms with Gasteiger partial charge in [-0.25, -0.2) is 4.98 Å². The number of carbonyl (C=O) groups is 1. The Labute approximate surface area is 134 Å². The number of amides is 1. The second kappa shape index (κ2) is 6.44. The van der Waals surface area contributed by atoms with Gasteiger partial charge in [0.25, 0.3) is 5.56 Å². The van der Waals surface area contributed by atoms with Gasteiger partial charge in [0.05, 0.1) is 5.75 Å². The fourth-order valence-electron chi connectivity index (χ4n) is 4.06. The summed E-state index contributed by atoms with van der Waals surface area (Å²) in [6.07, 6.45) is 5.34. The van der Waals surface area contributed by atoms with E-state index in [2.05, 4.69) is 22.2 Å². The molecular weight excluding hydrogens is 298 g/mol. The van der Waals surface area contributed by atoms with Crippen molar-refractivity contribution >= 4 is 17.7 Å². The van der Waals surface area contributed by atoms with Crippen LogP contribution >= 0.6 is 11.8 Å². The molecule has 1 heterocycles. The van der Waals surface area contributed by atoms with Crippen LogP contribution in [0.15, 0.2) is 16.0 Å². The van der Waals surface area contributed by atoms with Gasteiger partial charge in [-0.3, -0.25) is 9.59 Å². The van der Waals surface area contributed by atoms with Crippen LogP contribution in [0.3, 0.4) is 0 Å². The van der Waals surface area contributed by atoms with Gasteiger partial charge >= 0.3 is 0 Å². The lowest BCUT2D eigenvalue weighted by Gasteiger charge is -2.28. The Bertz CT molecular complexity index is 616. The minimum Gasteiger partial charge on any atom is -0.353 e. The molecule has 0 radical (unpaired) electrons. The van der Waals surface area contributed by atoms with Gasteiger partial charge in [-0.15, -0.1) is 0 Å². The molecule has 2 N–H and O–H groups in total. The minimum atomic E-state index is -0.175. The van der Waals surface area contributed by atoms with Crippen LogP contribution in [0.2, 0.25) is 0 Å². The largest absolute Gasteiger partial charge is 0.353 e. The first-order valence-corrected chi connectivity index (χ1v) is 9.00. The Balaban J connectivity index is 1.49. The van der Waals surface area contributed by atoms with Gasteiger partial charge < -0.3 is 10.3 Å². The van der Waals surface area contributed by atoms with Crippen molar-refractivity contribution in [2.24, 2.45) is 17.8 Å². The molecule has 2 saturated carbocycles. The van der Waals surface area contributed by atoms with E-state index in [1.807, 2.05) is 0 Å². The smallest absolute Gasteiger partial charge is 0.251 e. The molecule has 2 fully saturated rings. The summed E-state index contributed by atoms with van der Waals surface area (Å²) in [4.78, 5) is 30.4. The van der Waals surface area contributed by atoms with E-state index >= 15 is 0 Å². The molecule has 0 saturated heterocycles. The molecule has 0 unspecified atom stereocenters. The van der Waals surface area contributed by atoms with Crippen molar-refractivity contribution < 1.29 is 4.79 Å². The second-order valence-corrected chi connectivity index (χ2v) is 7.64. The molecule has 1 aromatic rings. The van der Waals surface area contributed by atoms with E-state index in [4.69, 9.17) is 0 Å². The van der Waals surface area contributed by atoms with Crippen molar-refractivity contribution in [1.82, 2.24) is 15.3 Å². The van der Waals surface area contributed by atoms with Gasteiger partial charge in [-0.05, 0) is 50.9 Å². The average Bonchev–Trinajstić information content (AvgIpc) is 3.06. The highest BCUT2D eigenvalue weighted by molar-refractivity contribution is 7.99. The topological polar surface area (TPSA) is 74.8 Å². The van der Waals surface area contributed by atoms with E-state index in [0.29, 0.717) is 16.8 Å². The van der Waals surface area contributed by atoms with Crippen LogP contribution in [0.25, 0.3) is 0 Å². The quantitative estimate of drug-likeness (QED) is 0.643. The Morgan fingerprint density at radius 2 is 2.32 bits per heavy atom. The first-order chi connectivity index (χ1) is 10.5. The van der Waals surface area contributed by atoms with Crippen LogP contribution in [0, 0.1) is 24.7 Å². The van der Waals surface area contributed by atoms with E-state index in [1.54, 1.807) is 6.92 Å². The summed E-state index contributed by atoms with van der Waals surface area (Å²) in [6.45, 7) is 3.90. The third kappa shape index (κ3) is 3.54. The van der Waals surface area contributed by atoms with Crippen LogP contribution in [-0.2, 0) is 4.79 Å². The number of hydrogen-bond donors (Lipinski definition) is 2. The molecule has 2 aliphatic rings. The lowest BCUT2D eigenvalue weighted by molar-refractivity contribution is -0.119. The monoisotopic (exact) mass is 321 g/mol. The van der Waals surface area contributed by atoms with Crippen LogP contribution < -0.4 is 10.9 Å². The summed E-state index contributed by atoms with van der Waals surface area (Å²) < 4.78 is 0. The number of aromatic nitrogens is 2. The van der Waals surface area contributed by atoms with Crippen molar-refractivity contribution in [3.8, 4) is 0 Å². The zero-order valence-corrected chi connectivity index (χ0v) is 13.9. The zero-order chi connectivity index (χ0) is 15.7. The molecule has 4 atom stereocenters. The summed E-state index contributed by atoms with van der Waals surface area (Å²) in [5, 5.41) is 3.63. The maximum atomic E-state index is 12.1. The molecular formula is C16H23N3O2S. The molecule has 22 heavy (non-hydrogen) atoms. The van der Waals surface area contributed by atoms with Crippen LogP contribution in [0.1, 0.15) is 38.3 Å². The number of rotatable bonds is 5. The van der Waals surface area contributed by atoms with E-state index in [1.165, 1.54) is 43.5 Å². The number of thioether (sulfide) groups is 1. The second-order valence-electron chi connectivity index (χ2n) is 6.68. The molecule has 6 heteroatoms. The van der Waals surface area contributed by atoms with Crippen LogP contribution in [0.5, 0.6) is 0 Å². The number of carbonyl (C=O) groups excluding carboxylic acids is 1. The molecule has 5 nitrogen and oxygen atoms in total. The molecule has 2 aliphatic carbocycles. The third-order valence-electron chi connectivity index (χ3n) is 5.01. The van der Waals surface area contributed by atoms with Gasteiger partial charge in [-0.2, -0.15) is 0 Å². The molecule has 3 rings (SSSR count). The highest BCUT2D eigenvalue weighted by Gasteiger charge is 2.42. The van der Waals surface area contributed by atoms with Gasteiger partial charge in [-0.1, -0.05) is 18.2 Å². The Morgan fingerprint density at radius 1 is 1.50 bits per heavy atom. The molecule has 0 aliphatic heterocycles.